The van der Waals surface area contributed by atoms with Gasteiger partial charge in [0.25, 0.3) is 23.6 Å². The third kappa shape index (κ3) is 11.9. The second-order valence-electron chi connectivity index (χ2n) is 29.3. The van der Waals surface area contributed by atoms with Crippen LogP contribution in [0.25, 0.3) is 0 Å². The molecular formula is C80H76N8O14. The Hall–Kier alpha value is -11.0. The number of esters is 2. The first-order chi connectivity index (χ1) is 49.0. The Morgan fingerprint density at radius 3 is 1.66 bits per heavy atom. The van der Waals surface area contributed by atoms with Gasteiger partial charge in [-0.15, -0.1) is 5.06 Å². The van der Waals surface area contributed by atoms with E-state index in [2.05, 4.69) is 33.0 Å². The van der Waals surface area contributed by atoms with Gasteiger partial charge in [-0.25, -0.2) is 4.79 Å². The summed E-state index contributed by atoms with van der Waals surface area (Å²) >= 11 is 0. The van der Waals surface area contributed by atoms with Gasteiger partial charge < -0.3 is 29.7 Å². The summed E-state index contributed by atoms with van der Waals surface area (Å²) in [4.78, 5) is 137. The maximum atomic E-state index is 13.6. The van der Waals surface area contributed by atoms with Crippen LogP contribution in [0.2, 0.25) is 0 Å². The van der Waals surface area contributed by atoms with Crippen molar-refractivity contribution in [1.29, 1.82) is 0 Å². The van der Waals surface area contributed by atoms with Gasteiger partial charge >= 0.3 is 11.9 Å². The fourth-order valence-corrected chi connectivity index (χ4v) is 16.6. The van der Waals surface area contributed by atoms with Gasteiger partial charge in [-0.3, -0.25) is 57.8 Å². The number of benzene rings is 6. The lowest BCUT2D eigenvalue weighted by molar-refractivity contribution is -0.145. The van der Waals surface area contributed by atoms with Crippen LogP contribution in [0.5, 0.6) is 17.2 Å². The SMILES string of the molecule is CN(C)c1ccc(N=Nc2ccc(C(=O)NC[C@H]3CC4C=CC3C4)cc2)cc1.Cc1ccc2c(c1)Oc1cc(OC(=O)C(C)(C)C)ccc1C21OC(=O)c2cc(C(=O)NCCN3C(=O)C4C5C=CC(C5)C4C3=O)ccc21.O=C1C2C3C=CC(C3)C2C(=O)N1CCON1C(=O)c2ccccc2C1=O. The minimum Gasteiger partial charge on any atom is -0.456 e. The van der Waals surface area contributed by atoms with Crippen molar-refractivity contribution in [1.82, 2.24) is 25.5 Å². The molecule has 102 heavy (non-hydrogen) atoms. The molecule has 11 unspecified atom stereocenters. The molecule has 0 aromatic heterocycles. The summed E-state index contributed by atoms with van der Waals surface area (Å²) in [5.41, 5.74) is 4.93. The van der Waals surface area contributed by atoms with E-state index < -0.39 is 40.7 Å². The smallest absolute Gasteiger partial charge is 0.340 e. The number of nitrogens with one attached hydrogen (secondary N) is 2. The average molecular weight is 1370 g/mol. The number of aryl methyl sites for hydroxylation is 1. The Kier molecular flexibility index (Phi) is 17.2. The summed E-state index contributed by atoms with van der Waals surface area (Å²) in [5, 5.41) is 15.1. The molecule has 22 nitrogen and oxygen atoms in total. The van der Waals surface area contributed by atoms with Crippen LogP contribution in [0.1, 0.15) is 120 Å². The van der Waals surface area contributed by atoms with E-state index >= 15 is 0 Å². The summed E-state index contributed by atoms with van der Waals surface area (Å²) in [6, 6.07) is 37.1. The second-order valence-corrected chi connectivity index (χ2v) is 29.3. The van der Waals surface area contributed by atoms with E-state index in [0.29, 0.717) is 67.5 Å². The summed E-state index contributed by atoms with van der Waals surface area (Å²) in [6.07, 6.45) is 17.0. The Bertz CT molecular complexity index is 4570. The Balaban J connectivity index is 0.000000133. The minimum atomic E-state index is -1.37. The zero-order valence-electron chi connectivity index (χ0n) is 57.2. The standard InChI is InChI=1S/C38H34N2O8.C23H26N4O.C19H16N2O5/c1-19-5-10-26-28(15-19)47-29-18-23(46-36(45)37(2,3)4)9-12-27(29)38(26)25-11-8-22(17-24(25)35(44)48-38)32(41)39-13-14-40-33(42)30-20-6-7-21(16-20)31(30)34(40)43;1-27(2)22-11-9-21(10-12-22)26-25-20-7-5-17(6-8-20)23(28)24-15-19-14-16-3-4-18(19)13-16;22-16-12-3-1-2-4-13(12)17(23)21(16)26-8-7-20-18(24)14-10-5-6-11(9-10)15(14)19(20)25/h5-12,15,17-18,20-21,30-31H,13-14,16H2,1-4H3,(H,39,41);3-12,16,18-19H,13-15H2,1-2H3,(H,24,28);1-6,10-11,14-15H,7-9H2/t;16?,18?,19-;/m.1./s1. The van der Waals surface area contributed by atoms with Crippen LogP contribution in [0.15, 0.2) is 174 Å². The molecule has 22 heteroatoms. The highest BCUT2D eigenvalue weighted by molar-refractivity contribution is 6.20. The molecule has 5 heterocycles. The number of azo groups is 1. The molecule has 6 bridgehead atoms. The van der Waals surface area contributed by atoms with Gasteiger partial charge in [0, 0.05) is 73.3 Å². The van der Waals surface area contributed by atoms with E-state index in [1.54, 1.807) is 87.5 Å². The Morgan fingerprint density at radius 2 is 1.10 bits per heavy atom. The van der Waals surface area contributed by atoms with Gasteiger partial charge in [0.15, 0.2) is 5.60 Å². The monoisotopic (exact) mass is 1370 g/mol. The van der Waals surface area contributed by atoms with E-state index in [-0.39, 0.29) is 114 Å². The molecule has 6 aromatic rings. The Morgan fingerprint density at radius 1 is 0.569 bits per heavy atom. The number of carbonyl (C=O) groups excluding carboxylic acids is 10. The van der Waals surface area contributed by atoms with Crippen LogP contribution < -0.4 is 25.0 Å². The van der Waals surface area contributed by atoms with Gasteiger partial charge in [0.1, 0.15) is 17.2 Å². The predicted octanol–water partition coefficient (Wildman–Crippen LogP) is 11.2. The molecule has 2 N–H and O–H groups in total. The molecular weight excluding hydrogens is 1300 g/mol. The van der Waals surface area contributed by atoms with Crippen molar-refractivity contribution in [3.8, 4) is 17.2 Å². The first kappa shape index (κ1) is 66.9. The topological polar surface area (TPSA) is 269 Å². The van der Waals surface area contributed by atoms with Crippen molar-refractivity contribution in [2.75, 3.05) is 51.8 Å². The van der Waals surface area contributed by atoms with Crippen LogP contribution in [0.3, 0.4) is 0 Å². The number of allylic oxidation sites excluding steroid dienone is 6. The zero-order chi connectivity index (χ0) is 71.2. The highest BCUT2D eigenvalue weighted by atomic mass is 16.7. The number of anilines is 1. The predicted molar refractivity (Wildman–Crippen MR) is 371 cm³/mol. The third-order valence-electron chi connectivity index (χ3n) is 21.8. The molecule has 11 aliphatic rings. The van der Waals surface area contributed by atoms with Gasteiger partial charge in [0.05, 0.1) is 70.3 Å². The normalized spacial score (nSPS) is 26.4. The van der Waals surface area contributed by atoms with Crippen molar-refractivity contribution < 1.29 is 67.0 Å². The number of nitrogens with zero attached hydrogens (tertiary/aromatic N) is 6. The van der Waals surface area contributed by atoms with Crippen molar-refractivity contribution in [2.45, 2.75) is 59.0 Å². The zero-order valence-corrected chi connectivity index (χ0v) is 57.2. The molecule has 8 amide bonds. The van der Waals surface area contributed by atoms with Gasteiger partial charge in [-0.05, 0) is 191 Å². The molecule has 17 rings (SSSR count). The number of rotatable bonds is 15. The number of likely N-dealkylation sites (tertiary alicyclic amines) is 2. The van der Waals surface area contributed by atoms with Crippen molar-refractivity contribution in [2.24, 2.45) is 80.7 Å². The molecule has 520 valence electrons. The van der Waals surface area contributed by atoms with E-state index in [0.717, 1.165) is 47.9 Å². The first-order valence-corrected chi connectivity index (χ1v) is 34.8. The summed E-state index contributed by atoms with van der Waals surface area (Å²) in [6.45, 7) is 8.11. The van der Waals surface area contributed by atoms with E-state index in [4.69, 9.17) is 19.0 Å². The third-order valence-corrected chi connectivity index (χ3v) is 21.8. The molecule has 6 aromatic carbocycles. The van der Waals surface area contributed by atoms with E-state index in [1.165, 1.54) is 28.7 Å². The van der Waals surface area contributed by atoms with E-state index in [9.17, 15) is 47.9 Å². The number of hydrogen-bond donors (Lipinski definition) is 2. The van der Waals surface area contributed by atoms with Crippen molar-refractivity contribution in [3.05, 3.63) is 214 Å². The Labute approximate surface area is 588 Å². The molecule has 12 atom stereocenters. The number of carbonyl (C=O) groups is 10. The maximum absolute atomic E-state index is 13.6. The van der Waals surface area contributed by atoms with Gasteiger partial charge in [-0.2, -0.15) is 10.2 Å². The molecule has 0 radical (unpaired) electrons. The minimum absolute atomic E-state index is 0.0190. The number of fused-ring (bicyclic) bond motifs is 19. The summed E-state index contributed by atoms with van der Waals surface area (Å²) in [7, 11) is 4.01. The van der Waals surface area contributed by atoms with Crippen LogP contribution in [0.4, 0.5) is 17.1 Å². The fraction of sp³-hybridized carbons (Fsp3) is 0.350. The van der Waals surface area contributed by atoms with Crippen LogP contribution in [0, 0.1) is 77.4 Å². The lowest BCUT2D eigenvalue weighted by Gasteiger charge is -2.36. The number of hydroxylamine groups is 2. The van der Waals surface area contributed by atoms with E-state index in [1.807, 2.05) is 105 Å². The molecule has 1 spiro atoms. The quantitative estimate of drug-likeness (QED) is 0.0318. The van der Waals surface area contributed by atoms with Gasteiger partial charge in [0.2, 0.25) is 23.6 Å². The maximum Gasteiger partial charge on any atom is 0.340 e. The summed E-state index contributed by atoms with van der Waals surface area (Å²) in [5.74, 6) is -0.561. The molecule has 3 saturated carbocycles. The summed E-state index contributed by atoms with van der Waals surface area (Å²) < 4.78 is 18.2. The largest absolute Gasteiger partial charge is 0.456 e. The molecule has 5 fully saturated rings. The number of amides is 8. The van der Waals surface area contributed by atoms with Crippen molar-refractivity contribution in [3.63, 3.8) is 0 Å². The highest BCUT2D eigenvalue weighted by Crippen LogP contribution is 2.58. The molecule has 6 aliphatic carbocycles. The second kappa shape index (κ2) is 26.2. The van der Waals surface area contributed by atoms with Crippen LogP contribution in [-0.2, 0) is 39.1 Å². The lowest BCUT2D eigenvalue weighted by atomic mass is 9.77. The number of hydrogen-bond acceptors (Lipinski definition) is 17. The first-order valence-electron chi connectivity index (χ1n) is 34.8. The molecule has 2 saturated heterocycles. The fourth-order valence-electron chi connectivity index (χ4n) is 16.6. The van der Waals surface area contributed by atoms with Crippen LogP contribution >= 0.6 is 0 Å². The van der Waals surface area contributed by atoms with Crippen molar-refractivity contribution >= 4 is 76.3 Å². The average Bonchev–Trinajstić information content (AvgIpc) is 1.46. The number of ether oxygens (including phenoxy) is 3. The highest BCUT2D eigenvalue weighted by Gasteiger charge is 2.61. The molecule has 5 aliphatic heterocycles. The lowest BCUT2D eigenvalue weighted by Crippen LogP contribution is -2.39. The van der Waals surface area contributed by atoms with Gasteiger partial charge in [-0.1, -0.05) is 66.8 Å². The van der Waals surface area contributed by atoms with Crippen LogP contribution in [-0.4, -0.2) is 121 Å². The number of imide groups is 3.